The molecule has 2 aromatic rings. The van der Waals surface area contributed by atoms with Gasteiger partial charge in [-0.15, -0.1) is 0 Å². The van der Waals surface area contributed by atoms with Crippen LogP contribution in [0.5, 0.6) is 0 Å². The molecule has 0 spiro atoms. The van der Waals surface area contributed by atoms with Crippen molar-refractivity contribution in [3.8, 4) is 0 Å². The van der Waals surface area contributed by atoms with Crippen LogP contribution in [0, 0.1) is 20.8 Å². The minimum atomic E-state index is -3.52. The van der Waals surface area contributed by atoms with Gasteiger partial charge in [-0.05, 0) is 44.9 Å². The average molecular weight is 303 g/mol. The van der Waals surface area contributed by atoms with Crippen molar-refractivity contribution in [2.75, 3.05) is 0 Å². The van der Waals surface area contributed by atoms with E-state index in [4.69, 9.17) is 0 Å². The van der Waals surface area contributed by atoms with E-state index in [1.54, 1.807) is 6.07 Å². The first-order valence-electron chi connectivity index (χ1n) is 6.96. The second-order valence-corrected chi connectivity index (χ2v) is 7.21. The van der Waals surface area contributed by atoms with E-state index in [9.17, 15) is 8.42 Å². The lowest BCUT2D eigenvalue weighted by Gasteiger charge is -2.16. The van der Waals surface area contributed by atoms with Crippen LogP contribution in [-0.4, -0.2) is 8.42 Å². The third kappa shape index (κ3) is 3.71. The van der Waals surface area contributed by atoms with E-state index in [1.165, 1.54) is 0 Å². The summed E-state index contributed by atoms with van der Waals surface area (Å²) in [5.74, 6) is 0. The van der Waals surface area contributed by atoms with Crippen molar-refractivity contribution >= 4 is 10.0 Å². The number of benzene rings is 2. The summed E-state index contributed by atoms with van der Waals surface area (Å²) >= 11 is 0. The molecule has 0 heterocycles. The average Bonchev–Trinajstić information content (AvgIpc) is 2.38. The van der Waals surface area contributed by atoms with Gasteiger partial charge < -0.3 is 0 Å². The minimum Gasteiger partial charge on any atom is -0.207 e. The van der Waals surface area contributed by atoms with Crippen LogP contribution < -0.4 is 4.72 Å². The molecule has 0 bridgehead atoms. The molecule has 0 aliphatic rings. The number of rotatable bonds is 4. The number of hydrogen-bond acceptors (Lipinski definition) is 2. The molecule has 1 N–H and O–H groups in total. The van der Waals surface area contributed by atoms with Crippen LogP contribution in [0.1, 0.15) is 35.2 Å². The molecule has 0 saturated carbocycles. The molecule has 0 radical (unpaired) electrons. The second-order valence-electron chi connectivity index (χ2n) is 5.52. The highest BCUT2D eigenvalue weighted by Crippen LogP contribution is 2.20. The first-order valence-corrected chi connectivity index (χ1v) is 8.44. The van der Waals surface area contributed by atoms with Crippen molar-refractivity contribution < 1.29 is 8.42 Å². The number of nitrogens with one attached hydrogen (secondary N) is 1. The molecular formula is C17H21NO2S. The van der Waals surface area contributed by atoms with E-state index >= 15 is 0 Å². The fraction of sp³-hybridized carbons (Fsp3) is 0.294. The number of aryl methyl sites for hydroxylation is 3. The van der Waals surface area contributed by atoms with E-state index < -0.39 is 10.0 Å². The third-order valence-electron chi connectivity index (χ3n) is 3.53. The summed E-state index contributed by atoms with van der Waals surface area (Å²) in [5.41, 5.74) is 3.92. The summed E-state index contributed by atoms with van der Waals surface area (Å²) in [6.07, 6.45) is 0. The van der Waals surface area contributed by atoms with Crippen molar-refractivity contribution in [3.63, 3.8) is 0 Å². The molecule has 0 aliphatic carbocycles. The van der Waals surface area contributed by atoms with Gasteiger partial charge in [-0.25, -0.2) is 13.1 Å². The molecule has 3 nitrogen and oxygen atoms in total. The molecule has 0 saturated heterocycles. The molecule has 1 unspecified atom stereocenters. The molecule has 4 heteroatoms. The Morgan fingerprint density at radius 3 is 2.05 bits per heavy atom. The molecule has 2 aromatic carbocycles. The summed E-state index contributed by atoms with van der Waals surface area (Å²) in [4.78, 5) is 0.340. The van der Waals surface area contributed by atoms with Gasteiger partial charge in [-0.1, -0.05) is 47.5 Å². The Morgan fingerprint density at radius 1 is 0.905 bits per heavy atom. The van der Waals surface area contributed by atoms with Gasteiger partial charge in [0.15, 0.2) is 0 Å². The lowest BCUT2D eigenvalue weighted by atomic mass is 10.1. The first-order chi connectivity index (χ1) is 9.79. The summed E-state index contributed by atoms with van der Waals surface area (Å²) in [7, 11) is -3.52. The summed E-state index contributed by atoms with van der Waals surface area (Å²) in [5, 5.41) is 0. The lowest BCUT2D eigenvalue weighted by Crippen LogP contribution is -2.27. The molecule has 0 fully saturated rings. The minimum absolute atomic E-state index is 0.267. The van der Waals surface area contributed by atoms with Gasteiger partial charge in [0.2, 0.25) is 10.0 Å². The number of hydrogen-bond donors (Lipinski definition) is 1. The molecule has 0 amide bonds. The standard InChI is InChI=1S/C17H21NO2S/c1-12-5-8-16(9-6-12)15(4)18-21(19,20)17-10-7-13(2)11-14(17)3/h5-11,15,18H,1-4H3. The van der Waals surface area contributed by atoms with Crippen molar-refractivity contribution in [1.29, 1.82) is 0 Å². The largest absolute Gasteiger partial charge is 0.241 e. The summed E-state index contributed by atoms with van der Waals surface area (Å²) in [6, 6.07) is 13.0. The topological polar surface area (TPSA) is 46.2 Å². The molecule has 0 aliphatic heterocycles. The van der Waals surface area contributed by atoms with E-state index in [-0.39, 0.29) is 6.04 Å². The Hall–Kier alpha value is -1.65. The third-order valence-corrected chi connectivity index (χ3v) is 5.23. The zero-order valence-corrected chi connectivity index (χ0v) is 13.7. The number of sulfonamides is 1. The van der Waals surface area contributed by atoms with Gasteiger partial charge in [0.25, 0.3) is 0 Å². The molecule has 0 aromatic heterocycles. The van der Waals surface area contributed by atoms with E-state index in [0.29, 0.717) is 4.90 Å². The lowest BCUT2D eigenvalue weighted by molar-refractivity contribution is 0.566. The highest BCUT2D eigenvalue weighted by Gasteiger charge is 2.20. The molecule has 21 heavy (non-hydrogen) atoms. The Kier molecular flexibility index (Phi) is 4.49. The zero-order chi connectivity index (χ0) is 15.6. The monoisotopic (exact) mass is 303 g/mol. The first kappa shape index (κ1) is 15.7. The predicted molar refractivity (Wildman–Crippen MR) is 85.8 cm³/mol. The Balaban J connectivity index is 2.26. The second kappa shape index (κ2) is 6.00. The van der Waals surface area contributed by atoms with E-state index in [0.717, 1.165) is 22.3 Å². The van der Waals surface area contributed by atoms with Crippen LogP contribution in [0.25, 0.3) is 0 Å². The zero-order valence-electron chi connectivity index (χ0n) is 12.8. The van der Waals surface area contributed by atoms with E-state index in [1.807, 2.05) is 64.1 Å². The smallest absolute Gasteiger partial charge is 0.207 e. The maximum Gasteiger partial charge on any atom is 0.241 e. The quantitative estimate of drug-likeness (QED) is 0.937. The Labute approximate surface area is 127 Å². The maximum absolute atomic E-state index is 12.5. The van der Waals surface area contributed by atoms with Crippen LogP contribution in [0.2, 0.25) is 0 Å². The van der Waals surface area contributed by atoms with Crippen molar-refractivity contribution in [3.05, 3.63) is 64.7 Å². The van der Waals surface area contributed by atoms with Gasteiger partial charge in [0, 0.05) is 6.04 Å². The highest BCUT2D eigenvalue weighted by atomic mass is 32.2. The van der Waals surface area contributed by atoms with Gasteiger partial charge in [-0.2, -0.15) is 0 Å². The maximum atomic E-state index is 12.5. The predicted octanol–water partition coefficient (Wildman–Crippen LogP) is 3.65. The summed E-state index contributed by atoms with van der Waals surface area (Å²) < 4.78 is 27.7. The molecule has 2 rings (SSSR count). The normalized spacial score (nSPS) is 13.1. The Morgan fingerprint density at radius 2 is 1.48 bits per heavy atom. The van der Waals surface area contributed by atoms with Crippen LogP contribution in [-0.2, 0) is 10.0 Å². The van der Waals surface area contributed by atoms with Gasteiger partial charge >= 0.3 is 0 Å². The van der Waals surface area contributed by atoms with Gasteiger partial charge in [0.05, 0.1) is 4.90 Å². The fourth-order valence-corrected chi connectivity index (χ4v) is 3.78. The molecule has 112 valence electrons. The van der Waals surface area contributed by atoms with Gasteiger partial charge in [0.1, 0.15) is 0 Å². The van der Waals surface area contributed by atoms with Crippen molar-refractivity contribution in [1.82, 2.24) is 4.72 Å². The molecular weight excluding hydrogens is 282 g/mol. The van der Waals surface area contributed by atoms with Crippen LogP contribution in [0.4, 0.5) is 0 Å². The fourth-order valence-electron chi connectivity index (χ4n) is 2.32. The van der Waals surface area contributed by atoms with Crippen molar-refractivity contribution in [2.24, 2.45) is 0 Å². The highest BCUT2D eigenvalue weighted by molar-refractivity contribution is 7.89. The Bertz CT molecular complexity index is 734. The van der Waals surface area contributed by atoms with Gasteiger partial charge in [-0.3, -0.25) is 0 Å². The van der Waals surface area contributed by atoms with Crippen LogP contribution >= 0.6 is 0 Å². The van der Waals surface area contributed by atoms with E-state index in [2.05, 4.69) is 4.72 Å². The van der Waals surface area contributed by atoms with Crippen LogP contribution in [0.15, 0.2) is 47.4 Å². The SMILES string of the molecule is Cc1ccc(C(C)NS(=O)(=O)c2ccc(C)cc2C)cc1. The molecule has 1 atom stereocenters. The van der Waals surface area contributed by atoms with Crippen molar-refractivity contribution in [2.45, 2.75) is 38.6 Å². The van der Waals surface area contributed by atoms with Crippen LogP contribution in [0.3, 0.4) is 0 Å². The summed E-state index contributed by atoms with van der Waals surface area (Å²) in [6.45, 7) is 7.63.